The summed E-state index contributed by atoms with van der Waals surface area (Å²) in [6, 6.07) is 23.4. The molecular formula is C41H40FN5O4S. The molecule has 52 heavy (non-hydrogen) atoms. The van der Waals surface area contributed by atoms with E-state index in [9.17, 15) is 19.1 Å². The molecule has 3 N–H and O–H groups in total. The molecular weight excluding hydrogens is 678 g/mol. The number of benzene rings is 3. The molecule has 5 aromatic rings. The Morgan fingerprint density at radius 1 is 1.00 bits per heavy atom. The Balaban J connectivity index is 0.971. The zero-order valence-corrected chi connectivity index (χ0v) is 29.9. The Morgan fingerprint density at radius 2 is 1.77 bits per heavy atom. The van der Waals surface area contributed by atoms with Crippen LogP contribution >= 0.6 is 11.3 Å². The fourth-order valence-corrected chi connectivity index (χ4v) is 8.81. The fourth-order valence-electron chi connectivity index (χ4n) is 7.64. The number of carbonyl (C=O) groups excluding carboxylic acids is 2. The number of thiophene rings is 1. The summed E-state index contributed by atoms with van der Waals surface area (Å²) in [5, 5.41) is 17.7. The number of para-hydroxylation sites is 1. The fraction of sp³-hybridized carbons (Fsp3) is 0.293. The number of aromatic nitrogens is 1. The number of rotatable bonds is 7. The van der Waals surface area contributed by atoms with Crippen LogP contribution in [0.4, 0.5) is 26.6 Å². The molecule has 1 spiro atoms. The molecule has 2 fully saturated rings. The predicted octanol–water partition coefficient (Wildman–Crippen LogP) is 7.74. The van der Waals surface area contributed by atoms with Crippen molar-refractivity contribution in [3.8, 4) is 10.4 Å². The SMILES string of the molecule is Cc1cnc(N2CC3(CCOCC3)C2)c(C(=O)Nc2ccc(C(=O)N3CCc4cc(NC(O)c5c(C)cccc5F)sc4-c4ccccc43)cc2)c1. The van der Waals surface area contributed by atoms with Crippen molar-refractivity contribution in [1.82, 2.24) is 4.98 Å². The maximum atomic E-state index is 14.6. The molecule has 0 saturated carbocycles. The van der Waals surface area contributed by atoms with E-state index in [1.54, 1.807) is 54.4 Å². The Hall–Kier alpha value is -5.10. The minimum atomic E-state index is -1.20. The van der Waals surface area contributed by atoms with Crippen molar-refractivity contribution < 1.29 is 23.8 Å². The molecule has 3 aliphatic rings. The van der Waals surface area contributed by atoms with Crippen LogP contribution in [0.15, 0.2) is 85.1 Å². The number of amides is 2. The van der Waals surface area contributed by atoms with Crippen molar-refractivity contribution in [2.75, 3.05) is 53.3 Å². The van der Waals surface area contributed by atoms with Crippen LogP contribution in [0.1, 0.15) is 62.0 Å². The quantitative estimate of drug-likeness (QED) is 0.148. The molecule has 3 aliphatic heterocycles. The number of nitrogens with one attached hydrogen (secondary N) is 2. The number of ether oxygens (including phenoxy) is 1. The maximum Gasteiger partial charge on any atom is 0.259 e. The second kappa shape index (κ2) is 13.8. The van der Waals surface area contributed by atoms with E-state index in [4.69, 9.17) is 4.74 Å². The van der Waals surface area contributed by atoms with Crippen molar-refractivity contribution in [3.05, 3.63) is 124 Å². The molecule has 0 bridgehead atoms. The van der Waals surface area contributed by atoms with Gasteiger partial charge in [0.2, 0.25) is 0 Å². The highest BCUT2D eigenvalue weighted by Crippen LogP contribution is 2.45. The molecule has 11 heteroatoms. The lowest BCUT2D eigenvalue weighted by Gasteiger charge is -2.53. The van der Waals surface area contributed by atoms with E-state index in [-0.39, 0.29) is 22.8 Å². The summed E-state index contributed by atoms with van der Waals surface area (Å²) in [7, 11) is 0. The van der Waals surface area contributed by atoms with Gasteiger partial charge in [-0.25, -0.2) is 9.37 Å². The van der Waals surface area contributed by atoms with Crippen LogP contribution in [-0.4, -0.2) is 54.8 Å². The van der Waals surface area contributed by atoms with Crippen LogP contribution in [0.3, 0.4) is 0 Å². The molecule has 3 aromatic carbocycles. The summed E-state index contributed by atoms with van der Waals surface area (Å²) < 4.78 is 20.1. The molecule has 2 amide bonds. The molecule has 8 rings (SSSR count). The maximum absolute atomic E-state index is 14.6. The Labute approximate surface area is 306 Å². The number of carbonyl (C=O) groups is 2. The third-order valence-corrected chi connectivity index (χ3v) is 11.6. The van der Waals surface area contributed by atoms with Gasteiger partial charge in [-0.1, -0.05) is 30.3 Å². The van der Waals surface area contributed by atoms with E-state index >= 15 is 0 Å². The van der Waals surface area contributed by atoms with E-state index in [0.717, 1.165) is 66.4 Å². The summed E-state index contributed by atoms with van der Waals surface area (Å²) in [6.45, 7) is 7.45. The summed E-state index contributed by atoms with van der Waals surface area (Å²) in [6.07, 6.45) is 3.25. The standard InChI is InChI=1S/C41H40FN5O4S/c1-25-20-31(37(43-22-25)46-23-41(24-46)15-18-51-19-16-41)38(48)44-29-12-10-27(11-13-29)40(50)47-17-14-28-21-34(52-36(28)30-7-3-4-9-33(30)47)45-39(49)35-26(2)6-5-8-32(35)42/h3-13,20-22,39,45,49H,14-19,23-24H2,1-2H3,(H,44,48). The molecule has 1 atom stereocenters. The smallest absolute Gasteiger partial charge is 0.259 e. The summed E-state index contributed by atoms with van der Waals surface area (Å²) in [5.74, 6) is -0.151. The number of aliphatic hydroxyl groups excluding tert-OH is 1. The van der Waals surface area contributed by atoms with Gasteiger partial charge in [-0.05, 0) is 98.3 Å². The number of halogens is 1. The lowest BCUT2D eigenvalue weighted by Crippen LogP contribution is -2.59. The Kier molecular flexibility index (Phi) is 9.02. The van der Waals surface area contributed by atoms with Crippen molar-refractivity contribution in [1.29, 1.82) is 0 Å². The summed E-state index contributed by atoms with van der Waals surface area (Å²) in [5.41, 5.74) is 6.40. The van der Waals surface area contributed by atoms with Gasteiger partial charge in [0, 0.05) is 71.7 Å². The predicted molar refractivity (Wildman–Crippen MR) is 203 cm³/mol. The largest absolute Gasteiger partial charge is 0.381 e. The minimum Gasteiger partial charge on any atom is -0.381 e. The number of anilines is 4. The van der Waals surface area contributed by atoms with Gasteiger partial charge in [0.1, 0.15) is 11.6 Å². The monoisotopic (exact) mass is 717 g/mol. The molecule has 9 nitrogen and oxygen atoms in total. The molecule has 0 radical (unpaired) electrons. The lowest BCUT2D eigenvalue weighted by molar-refractivity contribution is -0.000510. The van der Waals surface area contributed by atoms with Crippen LogP contribution in [0.2, 0.25) is 0 Å². The van der Waals surface area contributed by atoms with Crippen LogP contribution in [0.25, 0.3) is 10.4 Å². The van der Waals surface area contributed by atoms with Crippen molar-refractivity contribution in [2.24, 2.45) is 5.41 Å². The van der Waals surface area contributed by atoms with Gasteiger partial charge in [0.05, 0.1) is 16.3 Å². The van der Waals surface area contributed by atoms with Gasteiger partial charge < -0.3 is 30.3 Å². The number of hydrogen-bond donors (Lipinski definition) is 3. The molecule has 0 aliphatic carbocycles. The first-order valence-electron chi connectivity index (χ1n) is 17.6. The van der Waals surface area contributed by atoms with Gasteiger partial charge in [-0.3, -0.25) is 9.59 Å². The minimum absolute atomic E-state index is 0.144. The highest BCUT2D eigenvalue weighted by atomic mass is 32.1. The highest BCUT2D eigenvalue weighted by Gasteiger charge is 2.45. The van der Waals surface area contributed by atoms with Gasteiger partial charge in [0.25, 0.3) is 11.8 Å². The molecule has 5 heterocycles. The number of fused-ring (bicyclic) bond motifs is 3. The third kappa shape index (κ3) is 6.44. The topological polar surface area (TPSA) is 107 Å². The van der Waals surface area contributed by atoms with Crippen molar-refractivity contribution >= 4 is 45.3 Å². The van der Waals surface area contributed by atoms with Crippen LogP contribution < -0.4 is 20.4 Å². The number of aliphatic hydroxyl groups is 1. The number of aryl methyl sites for hydroxylation is 2. The van der Waals surface area contributed by atoms with E-state index < -0.39 is 12.0 Å². The van der Waals surface area contributed by atoms with Crippen molar-refractivity contribution in [2.45, 2.75) is 39.3 Å². The zero-order chi connectivity index (χ0) is 36.0. The van der Waals surface area contributed by atoms with E-state index in [1.165, 1.54) is 17.4 Å². The van der Waals surface area contributed by atoms with Crippen molar-refractivity contribution in [3.63, 3.8) is 0 Å². The van der Waals surface area contributed by atoms with Crippen LogP contribution in [0, 0.1) is 25.1 Å². The molecule has 266 valence electrons. The average Bonchev–Trinajstić information content (AvgIpc) is 3.46. The lowest BCUT2D eigenvalue weighted by atomic mass is 9.73. The van der Waals surface area contributed by atoms with E-state index in [1.807, 2.05) is 43.3 Å². The Morgan fingerprint density at radius 3 is 2.54 bits per heavy atom. The second-order valence-electron chi connectivity index (χ2n) is 14.1. The molecule has 1 unspecified atom stereocenters. The second-order valence-corrected chi connectivity index (χ2v) is 15.1. The first-order valence-corrected chi connectivity index (χ1v) is 18.4. The van der Waals surface area contributed by atoms with Gasteiger partial charge in [-0.2, -0.15) is 0 Å². The van der Waals surface area contributed by atoms with Gasteiger partial charge in [-0.15, -0.1) is 11.3 Å². The first kappa shape index (κ1) is 34.0. The van der Waals surface area contributed by atoms with E-state index in [0.29, 0.717) is 46.2 Å². The zero-order valence-electron chi connectivity index (χ0n) is 29.1. The highest BCUT2D eigenvalue weighted by molar-refractivity contribution is 7.19. The van der Waals surface area contributed by atoms with Gasteiger partial charge in [0.15, 0.2) is 6.23 Å². The average molecular weight is 718 g/mol. The number of hydrogen-bond acceptors (Lipinski definition) is 8. The summed E-state index contributed by atoms with van der Waals surface area (Å²) in [4.78, 5) is 37.3. The molecule has 2 saturated heterocycles. The molecule has 2 aromatic heterocycles. The number of pyridine rings is 1. The number of nitrogens with zero attached hydrogens (tertiary/aromatic N) is 3. The van der Waals surface area contributed by atoms with Crippen LogP contribution in [-0.2, 0) is 11.2 Å². The normalized spacial score (nSPS) is 16.7. The van der Waals surface area contributed by atoms with Crippen LogP contribution in [0.5, 0.6) is 0 Å². The first-order chi connectivity index (χ1) is 25.2. The van der Waals surface area contributed by atoms with E-state index in [2.05, 4.69) is 20.5 Å². The third-order valence-electron chi connectivity index (χ3n) is 10.5. The van der Waals surface area contributed by atoms with Gasteiger partial charge >= 0.3 is 0 Å². The Bertz CT molecular complexity index is 2130. The summed E-state index contributed by atoms with van der Waals surface area (Å²) >= 11 is 1.47.